The van der Waals surface area contributed by atoms with Crippen molar-refractivity contribution in [2.75, 3.05) is 5.73 Å². The summed E-state index contributed by atoms with van der Waals surface area (Å²) in [4.78, 5) is 0. The number of halogens is 3. The van der Waals surface area contributed by atoms with Crippen LogP contribution in [0.3, 0.4) is 0 Å². The topological polar surface area (TPSA) is 46.2 Å². The molecule has 5 heteroatoms. The van der Waals surface area contributed by atoms with Crippen LogP contribution >= 0.6 is 34.8 Å². The molecule has 60 valence electrons. The van der Waals surface area contributed by atoms with E-state index in [4.69, 9.17) is 45.6 Å². The summed E-state index contributed by atoms with van der Waals surface area (Å²) in [5, 5.41) is 9.47. The first-order valence-corrected chi connectivity index (χ1v) is 3.79. The van der Waals surface area contributed by atoms with Gasteiger partial charge in [0.25, 0.3) is 0 Å². The number of aromatic hydroxyl groups is 1. The van der Waals surface area contributed by atoms with E-state index in [1.165, 1.54) is 6.07 Å². The summed E-state index contributed by atoms with van der Waals surface area (Å²) < 4.78 is 0. The lowest BCUT2D eigenvalue weighted by molar-refractivity contribution is 0.478. The van der Waals surface area contributed by atoms with Gasteiger partial charge in [0, 0.05) is 6.07 Å². The molecule has 0 saturated heterocycles. The van der Waals surface area contributed by atoms with Gasteiger partial charge in [-0.1, -0.05) is 34.8 Å². The summed E-state index contributed by atoms with van der Waals surface area (Å²) in [6, 6.07) is 1.24. The number of anilines is 1. The summed E-state index contributed by atoms with van der Waals surface area (Å²) >= 11 is 16.7. The van der Waals surface area contributed by atoms with Crippen LogP contribution in [-0.2, 0) is 0 Å². The Morgan fingerprint density at radius 3 is 2.27 bits per heavy atom. The Balaban J connectivity index is 3.46. The van der Waals surface area contributed by atoms with Gasteiger partial charge in [-0.05, 0) is 0 Å². The van der Waals surface area contributed by atoms with E-state index in [2.05, 4.69) is 0 Å². The molecule has 1 rings (SSSR count). The molecule has 3 N–H and O–H groups in total. The van der Waals surface area contributed by atoms with Gasteiger partial charge in [0.15, 0.2) is 0 Å². The SMILES string of the molecule is Nc1c(O)cc(Cl)c(Cl)c1Cl. The van der Waals surface area contributed by atoms with E-state index in [9.17, 15) is 0 Å². The minimum atomic E-state index is -0.163. The molecule has 1 aromatic carbocycles. The molecule has 11 heavy (non-hydrogen) atoms. The third-order valence-corrected chi connectivity index (χ3v) is 2.45. The molecule has 0 radical (unpaired) electrons. The first-order valence-electron chi connectivity index (χ1n) is 2.66. The van der Waals surface area contributed by atoms with Crippen LogP contribution in [-0.4, -0.2) is 5.11 Å². The van der Waals surface area contributed by atoms with Crippen molar-refractivity contribution >= 4 is 40.5 Å². The normalized spacial score (nSPS) is 10.1. The third-order valence-electron chi connectivity index (χ3n) is 1.18. The van der Waals surface area contributed by atoms with Gasteiger partial charge in [0.1, 0.15) is 5.75 Å². The summed E-state index contributed by atoms with van der Waals surface area (Å²) in [6.45, 7) is 0. The maximum atomic E-state index is 9.05. The molecule has 0 fully saturated rings. The van der Waals surface area contributed by atoms with E-state index in [1.54, 1.807) is 0 Å². The summed E-state index contributed by atoms with van der Waals surface area (Å²) in [6.07, 6.45) is 0. The summed E-state index contributed by atoms with van der Waals surface area (Å²) in [7, 11) is 0. The van der Waals surface area contributed by atoms with Crippen molar-refractivity contribution in [3.05, 3.63) is 21.1 Å². The number of nitrogen functional groups attached to an aromatic ring is 1. The molecule has 0 amide bonds. The Labute approximate surface area is 78.5 Å². The number of hydrogen-bond acceptors (Lipinski definition) is 2. The maximum absolute atomic E-state index is 9.05. The molecule has 0 spiro atoms. The maximum Gasteiger partial charge on any atom is 0.141 e. The second kappa shape index (κ2) is 2.97. The van der Waals surface area contributed by atoms with Gasteiger partial charge in [0.05, 0.1) is 20.8 Å². The van der Waals surface area contributed by atoms with Gasteiger partial charge in [-0.15, -0.1) is 0 Å². The summed E-state index contributed by atoms with van der Waals surface area (Å²) in [5.41, 5.74) is 5.37. The van der Waals surface area contributed by atoms with Crippen molar-refractivity contribution in [2.45, 2.75) is 0 Å². The predicted molar refractivity (Wildman–Crippen MR) is 47.5 cm³/mol. The molecule has 0 unspecified atom stereocenters. The Bertz CT molecular complexity index is 274. The standard InChI is InChI=1S/C6H4Cl3NO/c7-2-1-3(11)6(10)5(9)4(2)8/h1,11H,10H2. The highest BCUT2D eigenvalue weighted by Gasteiger charge is 2.10. The lowest BCUT2D eigenvalue weighted by Gasteiger charge is -2.04. The van der Waals surface area contributed by atoms with Crippen LogP contribution in [0.2, 0.25) is 15.1 Å². The lowest BCUT2D eigenvalue weighted by atomic mass is 10.3. The highest BCUT2D eigenvalue weighted by molar-refractivity contribution is 6.49. The fourth-order valence-corrected chi connectivity index (χ4v) is 1.20. The van der Waals surface area contributed by atoms with Crippen LogP contribution in [0.4, 0.5) is 5.69 Å². The highest BCUT2D eigenvalue weighted by Crippen LogP contribution is 2.39. The van der Waals surface area contributed by atoms with E-state index in [0.29, 0.717) is 0 Å². The number of rotatable bonds is 0. The van der Waals surface area contributed by atoms with Gasteiger partial charge in [-0.2, -0.15) is 0 Å². The molecule has 0 aromatic heterocycles. The third kappa shape index (κ3) is 1.48. The average Bonchev–Trinajstić information content (AvgIpc) is 1.97. The molecular weight excluding hydrogens is 208 g/mol. The molecule has 0 atom stereocenters. The van der Waals surface area contributed by atoms with Crippen LogP contribution < -0.4 is 5.73 Å². The van der Waals surface area contributed by atoms with Gasteiger partial charge < -0.3 is 10.8 Å². The number of hydrogen-bond donors (Lipinski definition) is 2. The van der Waals surface area contributed by atoms with E-state index >= 15 is 0 Å². The molecule has 0 bridgehead atoms. The van der Waals surface area contributed by atoms with Crippen molar-refractivity contribution in [3.8, 4) is 5.75 Å². The van der Waals surface area contributed by atoms with Gasteiger partial charge in [-0.25, -0.2) is 0 Å². The lowest BCUT2D eigenvalue weighted by Crippen LogP contribution is -1.87. The predicted octanol–water partition coefficient (Wildman–Crippen LogP) is 2.93. The Morgan fingerprint density at radius 2 is 1.73 bits per heavy atom. The van der Waals surface area contributed by atoms with Crippen molar-refractivity contribution in [2.24, 2.45) is 0 Å². The van der Waals surface area contributed by atoms with Crippen molar-refractivity contribution in [1.82, 2.24) is 0 Å². The van der Waals surface area contributed by atoms with E-state index in [1.807, 2.05) is 0 Å². The zero-order chi connectivity index (χ0) is 8.59. The average molecular weight is 212 g/mol. The summed E-state index contributed by atoms with van der Waals surface area (Å²) in [5.74, 6) is -0.163. The van der Waals surface area contributed by atoms with E-state index < -0.39 is 0 Å². The molecule has 0 aliphatic carbocycles. The zero-order valence-electron chi connectivity index (χ0n) is 5.24. The monoisotopic (exact) mass is 211 g/mol. The fraction of sp³-hybridized carbons (Fsp3) is 0. The van der Waals surface area contributed by atoms with Gasteiger partial charge >= 0.3 is 0 Å². The second-order valence-corrected chi connectivity index (χ2v) is 3.08. The van der Waals surface area contributed by atoms with Crippen LogP contribution in [0, 0.1) is 0 Å². The Morgan fingerprint density at radius 1 is 1.18 bits per heavy atom. The van der Waals surface area contributed by atoms with Crippen LogP contribution in [0.25, 0.3) is 0 Å². The number of phenolic OH excluding ortho intramolecular Hbond substituents is 1. The minimum absolute atomic E-state index is 0.0427. The number of phenols is 1. The van der Waals surface area contributed by atoms with Gasteiger partial charge in [-0.3, -0.25) is 0 Å². The zero-order valence-corrected chi connectivity index (χ0v) is 7.50. The van der Waals surface area contributed by atoms with Crippen LogP contribution in [0.5, 0.6) is 5.75 Å². The van der Waals surface area contributed by atoms with Crippen molar-refractivity contribution in [1.29, 1.82) is 0 Å². The second-order valence-electron chi connectivity index (χ2n) is 1.92. The molecule has 0 aliphatic rings. The quantitative estimate of drug-likeness (QED) is 0.395. The van der Waals surface area contributed by atoms with E-state index in [0.717, 1.165) is 0 Å². The number of benzene rings is 1. The molecule has 0 aliphatic heterocycles. The first-order chi connectivity index (χ1) is 5.04. The molecule has 2 nitrogen and oxygen atoms in total. The first kappa shape index (κ1) is 8.78. The van der Waals surface area contributed by atoms with Crippen LogP contribution in [0.1, 0.15) is 0 Å². The molecular formula is C6H4Cl3NO. The van der Waals surface area contributed by atoms with Gasteiger partial charge in [0.2, 0.25) is 0 Å². The smallest absolute Gasteiger partial charge is 0.141 e. The fourth-order valence-electron chi connectivity index (χ4n) is 0.597. The Hall–Kier alpha value is -0.310. The van der Waals surface area contributed by atoms with Crippen molar-refractivity contribution < 1.29 is 5.11 Å². The largest absolute Gasteiger partial charge is 0.506 e. The minimum Gasteiger partial charge on any atom is -0.506 e. The van der Waals surface area contributed by atoms with Crippen LogP contribution in [0.15, 0.2) is 6.07 Å². The molecule has 1 aromatic rings. The Kier molecular flexibility index (Phi) is 2.37. The molecule has 0 heterocycles. The molecule has 0 saturated carbocycles. The number of nitrogens with two attached hydrogens (primary N) is 1. The highest BCUT2D eigenvalue weighted by atomic mass is 35.5. The van der Waals surface area contributed by atoms with Crippen molar-refractivity contribution in [3.63, 3.8) is 0 Å². The van der Waals surface area contributed by atoms with E-state index in [-0.39, 0.29) is 26.5 Å².